The first-order valence-electron chi connectivity index (χ1n) is 5.32. The van der Waals surface area contributed by atoms with E-state index in [2.05, 4.69) is 36.5 Å². The first-order valence-corrected chi connectivity index (χ1v) is 5.32. The zero-order valence-corrected chi connectivity index (χ0v) is 9.25. The Balaban J connectivity index is 2.40. The number of fused-ring (bicyclic) bond motifs is 1. The minimum atomic E-state index is 0.129. The lowest BCUT2D eigenvalue weighted by atomic mass is 9.93. The van der Waals surface area contributed by atoms with Crippen LogP contribution in [0.4, 0.5) is 0 Å². The molecule has 0 saturated heterocycles. The summed E-state index contributed by atoms with van der Waals surface area (Å²) in [6.07, 6.45) is 5.58. The third-order valence-corrected chi connectivity index (χ3v) is 2.83. The topological polar surface area (TPSA) is 43.8 Å². The van der Waals surface area contributed by atoms with Gasteiger partial charge < -0.3 is 10.3 Å². The number of imidazole rings is 1. The second-order valence-electron chi connectivity index (χ2n) is 5.16. The fourth-order valence-electron chi connectivity index (χ4n) is 1.87. The molecule has 2 N–H and O–H groups in total. The van der Waals surface area contributed by atoms with Gasteiger partial charge in [0.25, 0.3) is 0 Å². The van der Waals surface area contributed by atoms with Gasteiger partial charge in [-0.1, -0.05) is 20.8 Å². The van der Waals surface area contributed by atoms with E-state index in [4.69, 9.17) is 5.73 Å². The highest BCUT2D eigenvalue weighted by molar-refractivity contribution is 5.15. The van der Waals surface area contributed by atoms with Gasteiger partial charge in [0.2, 0.25) is 0 Å². The van der Waals surface area contributed by atoms with Crippen molar-refractivity contribution in [1.29, 1.82) is 0 Å². The maximum Gasteiger partial charge on any atom is 0.110 e. The standard InChI is InChI=1S/C11H19N3/c1-11(2,3)8-7-14-9(12)5-4-6-10(14)13-8/h7,9H,4-6,12H2,1-3H3. The molecule has 1 aromatic rings. The molecule has 1 unspecified atom stereocenters. The fourth-order valence-corrected chi connectivity index (χ4v) is 1.87. The van der Waals surface area contributed by atoms with Gasteiger partial charge in [0.1, 0.15) is 5.82 Å². The predicted molar refractivity (Wildman–Crippen MR) is 57.1 cm³/mol. The van der Waals surface area contributed by atoms with Gasteiger partial charge in [0, 0.05) is 18.0 Å². The molecule has 0 bridgehead atoms. The lowest BCUT2D eigenvalue weighted by molar-refractivity contribution is 0.408. The molecule has 1 aliphatic heterocycles. The molecule has 1 aromatic heterocycles. The Kier molecular flexibility index (Phi) is 2.14. The number of aromatic nitrogens is 2. The summed E-state index contributed by atoms with van der Waals surface area (Å²) in [6, 6.07) is 0. The van der Waals surface area contributed by atoms with Crippen molar-refractivity contribution in [2.75, 3.05) is 0 Å². The Bertz CT molecular complexity index is 333. The molecule has 0 aliphatic carbocycles. The van der Waals surface area contributed by atoms with E-state index in [-0.39, 0.29) is 11.6 Å². The minimum absolute atomic E-state index is 0.129. The summed E-state index contributed by atoms with van der Waals surface area (Å²) in [6.45, 7) is 6.56. The van der Waals surface area contributed by atoms with Gasteiger partial charge in [-0.15, -0.1) is 0 Å². The quantitative estimate of drug-likeness (QED) is 0.684. The molecule has 2 heterocycles. The van der Waals surface area contributed by atoms with Gasteiger partial charge >= 0.3 is 0 Å². The van der Waals surface area contributed by atoms with E-state index in [1.165, 1.54) is 6.42 Å². The lowest BCUT2D eigenvalue weighted by Gasteiger charge is -2.20. The van der Waals surface area contributed by atoms with Crippen molar-refractivity contribution >= 4 is 0 Å². The van der Waals surface area contributed by atoms with Crippen molar-refractivity contribution in [3.8, 4) is 0 Å². The molecule has 3 nitrogen and oxygen atoms in total. The Labute approximate surface area is 85.3 Å². The van der Waals surface area contributed by atoms with Crippen LogP contribution in [0.25, 0.3) is 0 Å². The summed E-state index contributed by atoms with van der Waals surface area (Å²) in [5.41, 5.74) is 7.31. The molecule has 0 amide bonds. The molecular formula is C11H19N3. The molecule has 14 heavy (non-hydrogen) atoms. The molecular weight excluding hydrogens is 174 g/mol. The van der Waals surface area contributed by atoms with E-state index in [1.807, 2.05) is 0 Å². The second-order valence-corrected chi connectivity index (χ2v) is 5.16. The molecule has 0 saturated carbocycles. The van der Waals surface area contributed by atoms with E-state index in [1.54, 1.807) is 0 Å². The van der Waals surface area contributed by atoms with Crippen LogP contribution in [0, 0.1) is 0 Å². The van der Waals surface area contributed by atoms with Crippen LogP contribution in [-0.2, 0) is 11.8 Å². The largest absolute Gasteiger partial charge is 0.319 e. The summed E-state index contributed by atoms with van der Waals surface area (Å²) in [5.74, 6) is 1.16. The zero-order chi connectivity index (χ0) is 10.3. The zero-order valence-electron chi connectivity index (χ0n) is 9.25. The van der Waals surface area contributed by atoms with E-state index < -0.39 is 0 Å². The SMILES string of the molecule is CC(C)(C)c1cn2c(n1)CCCC2N. The van der Waals surface area contributed by atoms with Crippen LogP contribution < -0.4 is 5.73 Å². The third kappa shape index (κ3) is 1.57. The van der Waals surface area contributed by atoms with Crippen LogP contribution in [0.2, 0.25) is 0 Å². The van der Waals surface area contributed by atoms with E-state index in [0.29, 0.717) is 0 Å². The normalized spacial score (nSPS) is 22.1. The highest BCUT2D eigenvalue weighted by Gasteiger charge is 2.23. The van der Waals surface area contributed by atoms with Crippen LogP contribution in [0.5, 0.6) is 0 Å². The summed E-state index contributed by atoms with van der Waals surface area (Å²) in [7, 11) is 0. The van der Waals surface area contributed by atoms with Gasteiger partial charge in [-0.05, 0) is 12.8 Å². The molecule has 3 heteroatoms. The van der Waals surface area contributed by atoms with Crippen LogP contribution in [-0.4, -0.2) is 9.55 Å². The van der Waals surface area contributed by atoms with E-state index in [0.717, 1.165) is 24.4 Å². The number of rotatable bonds is 0. The van der Waals surface area contributed by atoms with Crippen molar-refractivity contribution in [1.82, 2.24) is 9.55 Å². The van der Waals surface area contributed by atoms with Crippen LogP contribution in [0.15, 0.2) is 6.20 Å². The van der Waals surface area contributed by atoms with Crippen molar-refractivity contribution in [2.45, 2.75) is 51.6 Å². The molecule has 1 aliphatic rings. The van der Waals surface area contributed by atoms with Crippen LogP contribution in [0.1, 0.15) is 51.3 Å². The molecule has 2 rings (SSSR count). The van der Waals surface area contributed by atoms with Gasteiger partial charge in [0.15, 0.2) is 0 Å². The lowest BCUT2D eigenvalue weighted by Crippen LogP contribution is -2.24. The van der Waals surface area contributed by atoms with Gasteiger partial charge in [-0.3, -0.25) is 0 Å². The average molecular weight is 193 g/mol. The molecule has 0 aromatic carbocycles. The van der Waals surface area contributed by atoms with Gasteiger partial charge in [0.05, 0.1) is 11.9 Å². The number of nitrogens with zero attached hydrogens (tertiary/aromatic N) is 2. The first kappa shape index (κ1) is 9.71. The summed E-state index contributed by atoms with van der Waals surface area (Å²) in [4.78, 5) is 4.66. The smallest absolute Gasteiger partial charge is 0.110 e. The fraction of sp³-hybridized carbons (Fsp3) is 0.727. The highest BCUT2D eigenvalue weighted by atomic mass is 15.2. The average Bonchev–Trinajstić information content (AvgIpc) is 2.48. The molecule has 0 fully saturated rings. The number of hydrogen-bond acceptors (Lipinski definition) is 2. The molecule has 0 radical (unpaired) electrons. The van der Waals surface area contributed by atoms with E-state index >= 15 is 0 Å². The monoisotopic (exact) mass is 193 g/mol. The Morgan fingerprint density at radius 1 is 1.50 bits per heavy atom. The number of hydrogen-bond donors (Lipinski definition) is 1. The summed E-state index contributed by atoms with van der Waals surface area (Å²) in [5, 5.41) is 0. The summed E-state index contributed by atoms with van der Waals surface area (Å²) < 4.78 is 2.14. The molecule has 1 atom stereocenters. The molecule has 0 spiro atoms. The maximum atomic E-state index is 6.03. The van der Waals surface area contributed by atoms with Crippen molar-refractivity contribution in [3.05, 3.63) is 17.7 Å². The Morgan fingerprint density at radius 2 is 2.21 bits per heavy atom. The third-order valence-electron chi connectivity index (χ3n) is 2.83. The van der Waals surface area contributed by atoms with Crippen molar-refractivity contribution < 1.29 is 0 Å². The van der Waals surface area contributed by atoms with Gasteiger partial charge in [-0.25, -0.2) is 4.98 Å². The van der Waals surface area contributed by atoms with Crippen molar-refractivity contribution in [3.63, 3.8) is 0 Å². The summed E-state index contributed by atoms with van der Waals surface area (Å²) >= 11 is 0. The van der Waals surface area contributed by atoms with Crippen molar-refractivity contribution in [2.24, 2.45) is 5.73 Å². The maximum absolute atomic E-state index is 6.03. The second kappa shape index (κ2) is 3.09. The van der Waals surface area contributed by atoms with E-state index in [9.17, 15) is 0 Å². The Hall–Kier alpha value is -0.830. The van der Waals surface area contributed by atoms with Crippen LogP contribution >= 0.6 is 0 Å². The predicted octanol–water partition coefficient (Wildman–Crippen LogP) is 1.97. The minimum Gasteiger partial charge on any atom is -0.319 e. The number of aryl methyl sites for hydroxylation is 1. The molecule has 78 valence electrons. The highest BCUT2D eigenvalue weighted by Crippen LogP contribution is 2.26. The number of nitrogens with two attached hydrogens (primary N) is 1. The first-order chi connectivity index (χ1) is 6.48. The van der Waals surface area contributed by atoms with Gasteiger partial charge in [-0.2, -0.15) is 0 Å². The Morgan fingerprint density at radius 3 is 2.79 bits per heavy atom. The van der Waals surface area contributed by atoms with Crippen LogP contribution in [0.3, 0.4) is 0 Å².